The van der Waals surface area contributed by atoms with Gasteiger partial charge in [-0.25, -0.2) is 0 Å². The van der Waals surface area contributed by atoms with Crippen molar-refractivity contribution in [2.24, 2.45) is 0 Å². The van der Waals surface area contributed by atoms with Gasteiger partial charge in [-0.1, -0.05) is 30.9 Å². The van der Waals surface area contributed by atoms with Gasteiger partial charge in [0.05, 0.1) is 12.1 Å². The van der Waals surface area contributed by atoms with Crippen LogP contribution in [-0.2, 0) is 0 Å². The Bertz CT molecular complexity index is 500. The summed E-state index contributed by atoms with van der Waals surface area (Å²) in [5, 5.41) is 4.51. The second-order valence-corrected chi connectivity index (χ2v) is 6.92. The summed E-state index contributed by atoms with van der Waals surface area (Å²) in [6, 6.07) is 6.63. The Balaban J connectivity index is 1.83. The topological polar surface area (TPSA) is 24.5 Å². The van der Waals surface area contributed by atoms with Gasteiger partial charge in [-0.15, -0.1) is 0 Å². The molecule has 1 spiro atoms. The number of methoxy groups -OCH3 is 1. The molecule has 116 valence electrons. The molecule has 3 nitrogen and oxygen atoms in total. The van der Waals surface area contributed by atoms with Crippen LogP contribution in [0, 0.1) is 0 Å². The zero-order valence-electron chi connectivity index (χ0n) is 13.0. The zero-order valence-corrected chi connectivity index (χ0v) is 13.7. The highest BCUT2D eigenvalue weighted by Crippen LogP contribution is 2.36. The molecule has 1 atom stereocenters. The molecule has 3 rings (SSSR count). The van der Waals surface area contributed by atoms with E-state index in [4.69, 9.17) is 16.3 Å². The Morgan fingerprint density at radius 1 is 1.29 bits per heavy atom. The van der Waals surface area contributed by atoms with E-state index in [1.54, 1.807) is 7.11 Å². The van der Waals surface area contributed by atoms with Crippen LogP contribution in [0.5, 0.6) is 5.75 Å². The Hall–Kier alpha value is -0.930. The highest BCUT2D eigenvalue weighted by Gasteiger charge is 2.38. The van der Waals surface area contributed by atoms with Gasteiger partial charge in [0.1, 0.15) is 5.75 Å². The van der Waals surface area contributed by atoms with E-state index in [9.17, 15) is 0 Å². The quantitative estimate of drug-likeness (QED) is 0.898. The van der Waals surface area contributed by atoms with Gasteiger partial charge in [-0.05, 0) is 38.0 Å². The van der Waals surface area contributed by atoms with E-state index in [-0.39, 0.29) is 0 Å². The lowest BCUT2D eigenvalue weighted by atomic mass is 9.79. The van der Waals surface area contributed by atoms with E-state index in [2.05, 4.69) is 23.2 Å². The third-order valence-electron chi connectivity index (χ3n) is 5.06. The molecule has 1 unspecified atom stereocenters. The number of ether oxygens (including phenoxy) is 1. The molecule has 1 saturated carbocycles. The summed E-state index contributed by atoms with van der Waals surface area (Å²) in [6.07, 6.45) is 6.66. The number of nitrogens with zero attached hydrogens (tertiary/aromatic N) is 1. The summed E-state index contributed by atoms with van der Waals surface area (Å²) in [6.45, 7) is 4.40. The van der Waals surface area contributed by atoms with Crippen LogP contribution in [0.15, 0.2) is 18.2 Å². The normalized spacial score (nSPS) is 25.1. The summed E-state index contributed by atoms with van der Waals surface area (Å²) in [4.78, 5) is 2.51. The van der Waals surface area contributed by atoms with Crippen LogP contribution < -0.4 is 15.0 Å². The van der Waals surface area contributed by atoms with Crippen LogP contribution in [0.4, 0.5) is 5.69 Å². The SMILES string of the molecule is COc1ccc(N2CC3(CCCCC3)NCC2C)cc1Cl. The van der Waals surface area contributed by atoms with Gasteiger partial charge in [0.25, 0.3) is 0 Å². The fraction of sp³-hybridized carbons (Fsp3) is 0.647. The smallest absolute Gasteiger partial charge is 0.137 e. The minimum atomic E-state index is 0.303. The van der Waals surface area contributed by atoms with Crippen LogP contribution in [0.25, 0.3) is 0 Å². The van der Waals surface area contributed by atoms with E-state index >= 15 is 0 Å². The van der Waals surface area contributed by atoms with Crippen molar-refractivity contribution in [3.8, 4) is 5.75 Å². The molecule has 1 N–H and O–H groups in total. The third kappa shape index (κ3) is 3.00. The van der Waals surface area contributed by atoms with Crippen molar-refractivity contribution < 1.29 is 4.74 Å². The molecule has 1 aromatic carbocycles. The van der Waals surface area contributed by atoms with Crippen molar-refractivity contribution in [2.45, 2.75) is 50.6 Å². The second-order valence-electron chi connectivity index (χ2n) is 6.52. The van der Waals surface area contributed by atoms with E-state index < -0.39 is 0 Å². The van der Waals surface area contributed by atoms with Crippen molar-refractivity contribution in [1.82, 2.24) is 5.32 Å². The molecule has 1 heterocycles. The predicted molar refractivity (Wildman–Crippen MR) is 88.6 cm³/mol. The monoisotopic (exact) mass is 308 g/mol. The molecule has 1 aliphatic heterocycles. The Morgan fingerprint density at radius 3 is 2.71 bits per heavy atom. The standard InChI is InChI=1S/C17H25ClN2O/c1-13-11-19-17(8-4-3-5-9-17)12-20(13)14-6-7-16(21-2)15(18)10-14/h6-7,10,13,19H,3-5,8-9,11-12H2,1-2H3. The summed E-state index contributed by atoms with van der Waals surface area (Å²) in [5.74, 6) is 0.746. The average Bonchev–Trinajstić information content (AvgIpc) is 2.51. The first kappa shape index (κ1) is 15.0. The first-order valence-electron chi connectivity index (χ1n) is 7.99. The Kier molecular flexibility index (Phi) is 4.32. The third-order valence-corrected chi connectivity index (χ3v) is 5.35. The van der Waals surface area contributed by atoms with Gasteiger partial charge in [0.2, 0.25) is 0 Å². The molecule has 1 aromatic rings. The number of hydrogen-bond donors (Lipinski definition) is 1. The lowest BCUT2D eigenvalue weighted by molar-refractivity contribution is 0.200. The lowest BCUT2D eigenvalue weighted by Gasteiger charge is -2.50. The second kappa shape index (κ2) is 6.05. The van der Waals surface area contributed by atoms with Crippen molar-refractivity contribution in [3.05, 3.63) is 23.2 Å². The van der Waals surface area contributed by atoms with Crippen molar-refractivity contribution in [1.29, 1.82) is 0 Å². The van der Waals surface area contributed by atoms with Gasteiger partial charge in [-0.3, -0.25) is 0 Å². The summed E-state index contributed by atoms with van der Waals surface area (Å²) in [7, 11) is 1.66. The number of nitrogens with one attached hydrogen (secondary N) is 1. The summed E-state index contributed by atoms with van der Waals surface area (Å²) in [5.41, 5.74) is 1.51. The molecule has 2 fully saturated rings. The molecule has 4 heteroatoms. The van der Waals surface area contributed by atoms with Gasteiger partial charge < -0.3 is 15.0 Å². The molecule has 0 radical (unpaired) electrons. The molecular formula is C17H25ClN2O. The average molecular weight is 309 g/mol. The maximum absolute atomic E-state index is 6.31. The lowest BCUT2D eigenvalue weighted by Crippen LogP contribution is -2.64. The van der Waals surface area contributed by atoms with Gasteiger partial charge in [0, 0.05) is 30.4 Å². The molecule has 0 amide bonds. The number of benzene rings is 1. The predicted octanol–water partition coefficient (Wildman–Crippen LogP) is 3.85. The van der Waals surface area contributed by atoms with Crippen molar-refractivity contribution in [2.75, 3.05) is 25.1 Å². The van der Waals surface area contributed by atoms with Crippen molar-refractivity contribution >= 4 is 17.3 Å². The van der Waals surface area contributed by atoms with Crippen LogP contribution in [0.3, 0.4) is 0 Å². The van der Waals surface area contributed by atoms with E-state index in [0.717, 1.165) is 18.8 Å². The first-order chi connectivity index (χ1) is 10.1. The summed E-state index contributed by atoms with van der Waals surface area (Å²) >= 11 is 6.31. The Morgan fingerprint density at radius 2 is 2.05 bits per heavy atom. The van der Waals surface area contributed by atoms with E-state index in [1.165, 1.54) is 37.8 Å². The van der Waals surface area contributed by atoms with Crippen LogP contribution in [0.2, 0.25) is 5.02 Å². The minimum absolute atomic E-state index is 0.303. The molecule has 2 aliphatic rings. The maximum Gasteiger partial charge on any atom is 0.137 e. The molecular weight excluding hydrogens is 284 g/mol. The molecule has 1 aliphatic carbocycles. The van der Waals surface area contributed by atoms with Crippen LogP contribution >= 0.6 is 11.6 Å². The molecule has 0 aromatic heterocycles. The summed E-state index contributed by atoms with van der Waals surface area (Å²) < 4.78 is 5.26. The van der Waals surface area contributed by atoms with Gasteiger partial charge in [-0.2, -0.15) is 0 Å². The zero-order chi connectivity index (χ0) is 14.9. The number of halogens is 1. The molecule has 0 bridgehead atoms. The highest BCUT2D eigenvalue weighted by atomic mass is 35.5. The molecule has 21 heavy (non-hydrogen) atoms. The van der Waals surface area contributed by atoms with E-state index in [1.807, 2.05) is 12.1 Å². The van der Waals surface area contributed by atoms with Gasteiger partial charge in [0.15, 0.2) is 0 Å². The highest BCUT2D eigenvalue weighted by molar-refractivity contribution is 6.32. The van der Waals surface area contributed by atoms with Crippen LogP contribution in [0.1, 0.15) is 39.0 Å². The van der Waals surface area contributed by atoms with Crippen molar-refractivity contribution in [3.63, 3.8) is 0 Å². The number of anilines is 1. The fourth-order valence-corrected chi connectivity index (χ4v) is 4.01. The van der Waals surface area contributed by atoms with Crippen LogP contribution in [-0.4, -0.2) is 31.8 Å². The fourth-order valence-electron chi connectivity index (χ4n) is 3.76. The number of piperazine rings is 1. The van der Waals surface area contributed by atoms with Gasteiger partial charge >= 0.3 is 0 Å². The maximum atomic E-state index is 6.31. The largest absolute Gasteiger partial charge is 0.495 e. The first-order valence-corrected chi connectivity index (χ1v) is 8.37. The Labute approximate surface area is 132 Å². The minimum Gasteiger partial charge on any atom is -0.495 e. The van der Waals surface area contributed by atoms with E-state index in [0.29, 0.717) is 16.6 Å². The molecule has 1 saturated heterocycles. The number of rotatable bonds is 2. The number of hydrogen-bond acceptors (Lipinski definition) is 3.